The van der Waals surface area contributed by atoms with Crippen molar-refractivity contribution in [1.29, 1.82) is 0 Å². The highest BCUT2D eigenvalue weighted by Gasteiger charge is 2.15. The zero-order valence-electron chi connectivity index (χ0n) is 12.7. The third kappa shape index (κ3) is 12.0. The maximum Gasteiger partial charge on any atom is 0.320 e. The first-order valence-corrected chi connectivity index (χ1v) is 9.25. The zero-order valence-corrected chi connectivity index (χ0v) is 14.3. The Hall–Kier alpha value is -1.50. The summed E-state index contributed by atoms with van der Waals surface area (Å²) in [5, 5.41) is 17.1. The molecule has 24 heavy (non-hydrogen) atoms. The quantitative estimate of drug-likeness (QED) is 0.142. The number of rotatable bonds is 13. The van der Waals surface area contributed by atoms with Gasteiger partial charge in [-0.25, -0.2) is 0 Å². The molecule has 0 saturated heterocycles. The van der Waals surface area contributed by atoms with Gasteiger partial charge in [0.25, 0.3) is 0 Å². The third-order valence-electron chi connectivity index (χ3n) is 2.57. The Kier molecular flexibility index (Phi) is 12.1. The Morgan fingerprint density at radius 1 is 0.792 bits per heavy atom. The van der Waals surface area contributed by atoms with Crippen LogP contribution in [-0.2, 0) is 28.7 Å². The lowest BCUT2D eigenvalue weighted by molar-refractivity contribution is -0.144. The van der Waals surface area contributed by atoms with Gasteiger partial charge in [-0.2, -0.15) is 0 Å². The van der Waals surface area contributed by atoms with E-state index in [0.717, 1.165) is 21.6 Å². The summed E-state index contributed by atoms with van der Waals surface area (Å²) in [7, 11) is 2.25. The van der Waals surface area contributed by atoms with Gasteiger partial charge in [-0.05, 0) is 34.4 Å². The van der Waals surface area contributed by atoms with E-state index >= 15 is 0 Å². The normalized spacial score (nSPS) is 12.9. The van der Waals surface area contributed by atoms with Crippen molar-refractivity contribution in [1.82, 2.24) is 0 Å². The van der Waals surface area contributed by atoms with Gasteiger partial charge < -0.3 is 31.2 Å². The van der Waals surface area contributed by atoms with Crippen LogP contribution in [0.15, 0.2) is 0 Å². The van der Waals surface area contributed by atoms with E-state index in [4.69, 9.17) is 31.2 Å². The Morgan fingerprint density at radius 2 is 1.12 bits per heavy atom. The number of carboxylic acids is 2. The highest BCUT2D eigenvalue weighted by molar-refractivity contribution is 8.76. The maximum atomic E-state index is 11.3. The summed E-state index contributed by atoms with van der Waals surface area (Å²) in [5.41, 5.74) is 10.5. The molecule has 0 aliphatic heterocycles. The van der Waals surface area contributed by atoms with Crippen LogP contribution in [0.25, 0.3) is 0 Å². The summed E-state index contributed by atoms with van der Waals surface area (Å²) < 4.78 is 9.63. The monoisotopic (exact) mass is 384 g/mol. The van der Waals surface area contributed by atoms with Crippen LogP contribution in [0.1, 0.15) is 25.7 Å². The van der Waals surface area contributed by atoms with E-state index in [0.29, 0.717) is 0 Å². The van der Waals surface area contributed by atoms with Crippen molar-refractivity contribution in [3.05, 3.63) is 0 Å². The minimum Gasteiger partial charge on any atom is -0.480 e. The molecule has 0 aromatic heterocycles. The van der Waals surface area contributed by atoms with Crippen LogP contribution in [0.4, 0.5) is 0 Å². The Balaban J connectivity index is 3.56. The van der Waals surface area contributed by atoms with E-state index in [1.165, 1.54) is 0 Å². The van der Waals surface area contributed by atoms with Crippen LogP contribution in [0.2, 0.25) is 0 Å². The van der Waals surface area contributed by atoms with Gasteiger partial charge in [0.2, 0.25) is 0 Å². The lowest BCUT2D eigenvalue weighted by Crippen LogP contribution is -2.30. The summed E-state index contributed by atoms with van der Waals surface area (Å²) in [5.74, 6) is -3.49. The van der Waals surface area contributed by atoms with E-state index < -0.39 is 36.0 Å². The number of ether oxygens (including phenoxy) is 2. The first-order chi connectivity index (χ1) is 11.2. The fraction of sp³-hybridized carbons (Fsp3) is 0.667. The van der Waals surface area contributed by atoms with Crippen LogP contribution >= 0.6 is 21.6 Å². The largest absolute Gasteiger partial charge is 0.480 e. The Morgan fingerprint density at radius 3 is 1.42 bits per heavy atom. The molecule has 138 valence electrons. The number of aliphatic carboxylic acids is 2. The molecule has 0 radical (unpaired) electrons. The molecule has 0 aliphatic rings. The molecule has 0 rings (SSSR count). The molecule has 0 unspecified atom stereocenters. The summed E-state index contributed by atoms with van der Waals surface area (Å²) in [6.45, 7) is 0. The number of nitrogens with two attached hydrogens (primary N) is 2. The first-order valence-electron chi connectivity index (χ1n) is 6.76. The maximum absolute atomic E-state index is 11.3. The van der Waals surface area contributed by atoms with Crippen LogP contribution in [0.5, 0.6) is 0 Å². The van der Waals surface area contributed by atoms with E-state index in [1.807, 2.05) is 0 Å². The molecule has 0 heterocycles. The first kappa shape index (κ1) is 22.5. The Bertz CT molecular complexity index is 409. The van der Waals surface area contributed by atoms with Gasteiger partial charge in [-0.3, -0.25) is 19.2 Å². The molecule has 0 aromatic rings. The molecular weight excluding hydrogens is 364 g/mol. The highest BCUT2D eigenvalue weighted by Crippen LogP contribution is 2.21. The number of hydrogen-bond donors (Lipinski definition) is 4. The van der Waals surface area contributed by atoms with Crippen LogP contribution in [-0.4, -0.2) is 58.1 Å². The number of carboxylic acid groups (broad SMARTS) is 2. The predicted octanol–water partition coefficient (Wildman–Crippen LogP) is -0.247. The van der Waals surface area contributed by atoms with Gasteiger partial charge in [0.1, 0.15) is 24.0 Å². The van der Waals surface area contributed by atoms with Crippen molar-refractivity contribution < 1.29 is 38.9 Å². The molecule has 0 saturated carbocycles. The fourth-order valence-electron chi connectivity index (χ4n) is 1.19. The summed E-state index contributed by atoms with van der Waals surface area (Å²) in [4.78, 5) is 43.5. The molecule has 12 heteroatoms. The highest BCUT2D eigenvalue weighted by atomic mass is 33.1. The van der Waals surface area contributed by atoms with Crippen LogP contribution < -0.4 is 11.5 Å². The predicted molar refractivity (Wildman–Crippen MR) is 86.8 cm³/mol. The van der Waals surface area contributed by atoms with E-state index in [2.05, 4.69) is 0 Å². The second-order valence-corrected chi connectivity index (χ2v) is 6.83. The van der Waals surface area contributed by atoms with Crippen molar-refractivity contribution >= 4 is 45.5 Å². The van der Waals surface area contributed by atoms with Crippen molar-refractivity contribution in [2.45, 2.75) is 37.8 Å². The third-order valence-corrected chi connectivity index (χ3v) is 4.24. The summed E-state index contributed by atoms with van der Waals surface area (Å²) >= 11 is 0. The molecule has 0 fully saturated rings. The number of carbonyl (C=O) groups excluding carboxylic acids is 2. The lowest BCUT2D eigenvalue weighted by Gasteiger charge is -2.08. The fourth-order valence-corrected chi connectivity index (χ4v) is 2.38. The number of hydrogen-bond acceptors (Lipinski definition) is 10. The zero-order chi connectivity index (χ0) is 18.5. The molecule has 0 bridgehead atoms. The van der Waals surface area contributed by atoms with Crippen molar-refractivity contribution in [2.75, 3.05) is 11.9 Å². The minimum absolute atomic E-state index is 0.00719. The molecule has 0 aliphatic carbocycles. The van der Waals surface area contributed by atoms with Gasteiger partial charge in [0.05, 0.1) is 0 Å². The standard InChI is InChI=1S/C12H20N2O8S2/c13-7(11(17)18)1-3-9(15)21-5-23-24-6-22-10(16)4-2-8(14)12(19)20/h7-8H,1-6,13-14H2,(H,17,18)(H,19,20)/t7-,8-/m0/s1. The molecule has 10 nitrogen and oxygen atoms in total. The molecule has 2 atom stereocenters. The molecule has 0 amide bonds. The van der Waals surface area contributed by atoms with E-state index in [-0.39, 0.29) is 37.6 Å². The van der Waals surface area contributed by atoms with Gasteiger partial charge in [-0.1, -0.05) is 0 Å². The van der Waals surface area contributed by atoms with Crippen molar-refractivity contribution in [3.8, 4) is 0 Å². The average molecular weight is 384 g/mol. The second kappa shape index (κ2) is 12.9. The van der Waals surface area contributed by atoms with Gasteiger partial charge in [-0.15, -0.1) is 0 Å². The average Bonchev–Trinajstić information content (AvgIpc) is 2.52. The van der Waals surface area contributed by atoms with Crippen molar-refractivity contribution in [2.24, 2.45) is 11.5 Å². The van der Waals surface area contributed by atoms with E-state index in [9.17, 15) is 19.2 Å². The van der Waals surface area contributed by atoms with Crippen molar-refractivity contribution in [3.63, 3.8) is 0 Å². The van der Waals surface area contributed by atoms with Gasteiger partial charge in [0.15, 0.2) is 0 Å². The minimum atomic E-state index is -1.18. The summed E-state index contributed by atoms with van der Waals surface area (Å²) in [6.07, 6.45) is -0.223. The molecule has 0 aromatic carbocycles. The topological polar surface area (TPSA) is 179 Å². The molecule has 0 spiro atoms. The molecule has 6 N–H and O–H groups in total. The number of carbonyl (C=O) groups is 4. The van der Waals surface area contributed by atoms with Crippen LogP contribution in [0, 0.1) is 0 Å². The second-order valence-electron chi connectivity index (χ2n) is 4.47. The lowest BCUT2D eigenvalue weighted by atomic mass is 10.2. The van der Waals surface area contributed by atoms with Gasteiger partial charge in [0, 0.05) is 12.8 Å². The van der Waals surface area contributed by atoms with E-state index in [1.54, 1.807) is 0 Å². The Labute approximate surface area is 146 Å². The smallest absolute Gasteiger partial charge is 0.320 e. The summed E-state index contributed by atoms with van der Waals surface area (Å²) in [6, 6.07) is -2.21. The number of esters is 2. The van der Waals surface area contributed by atoms with Gasteiger partial charge >= 0.3 is 23.9 Å². The molecular formula is C12H20N2O8S2. The van der Waals surface area contributed by atoms with Crippen LogP contribution in [0.3, 0.4) is 0 Å². The SMILES string of the molecule is N[C@@H](CCC(=O)OCSSCOC(=O)CC[C@H](N)C(=O)O)C(=O)O.